The summed E-state index contributed by atoms with van der Waals surface area (Å²) in [4.78, 5) is 0. The van der Waals surface area contributed by atoms with Crippen molar-refractivity contribution < 1.29 is 12.8 Å². The van der Waals surface area contributed by atoms with Crippen LogP contribution in [0.25, 0.3) is 0 Å². The van der Waals surface area contributed by atoms with Crippen molar-refractivity contribution in [3.05, 3.63) is 34.6 Å². The van der Waals surface area contributed by atoms with Crippen LogP contribution in [0.2, 0.25) is 0 Å². The molecule has 0 bridgehead atoms. The Hall–Kier alpha value is -0.980. The molecule has 108 valence electrons. The molecule has 0 spiro atoms. The fraction of sp³-hybridized carbons (Fsp3) is 0.538. The Bertz CT molecular complexity index is 506. The highest BCUT2D eigenvalue weighted by atomic mass is 32.2. The topological polar surface area (TPSA) is 58.2 Å². The van der Waals surface area contributed by atoms with E-state index in [-0.39, 0.29) is 18.1 Å². The lowest BCUT2D eigenvalue weighted by atomic mass is 10.1. The molecule has 0 saturated carbocycles. The molecule has 0 amide bonds. The molecule has 0 aliphatic carbocycles. The normalized spacial score (nSPS) is 11.8. The Morgan fingerprint density at radius 2 is 1.79 bits per heavy atom. The minimum atomic E-state index is -3.27. The molecule has 0 aliphatic rings. The third-order valence-electron chi connectivity index (χ3n) is 2.83. The van der Waals surface area contributed by atoms with Gasteiger partial charge < -0.3 is 5.32 Å². The lowest BCUT2D eigenvalue weighted by Gasteiger charge is -2.09. The van der Waals surface area contributed by atoms with Crippen LogP contribution < -0.4 is 10.0 Å². The maximum Gasteiger partial charge on any atom is 0.211 e. The SMILES string of the molecule is CNCCCS(=O)(=O)NCc1cc(C)c(F)c(C)c1. The summed E-state index contributed by atoms with van der Waals surface area (Å²) in [6, 6.07) is 3.33. The molecule has 0 heterocycles. The van der Waals surface area contributed by atoms with Crippen LogP contribution in [-0.2, 0) is 16.6 Å². The van der Waals surface area contributed by atoms with Gasteiger partial charge in [-0.05, 0) is 50.6 Å². The Kier molecular flexibility index (Phi) is 5.90. The fourth-order valence-electron chi connectivity index (χ4n) is 1.84. The summed E-state index contributed by atoms with van der Waals surface area (Å²) in [5, 5.41) is 2.90. The molecule has 1 aromatic carbocycles. The summed E-state index contributed by atoms with van der Waals surface area (Å²) < 4.78 is 39.4. The second-order valence-electron chi connectivity index (χ2n) is 4.64. The monoisotopic (exact) mass is 288 g/mol. The van der Waals surface area contributed by atoms with Crippen molar-refractivity contribution in [1.82, 2.24) is 10.0 Å². The summed E-state index contributed by atoms with van der Waals surface area (Å²) in [6.45, 7) is 4.21. The molecule has 2 N–H and O–H groups in total. The summed E-state index contributed by atoms with van der Waals surface area (Å²) in [7, 11) is -1.49. The molecule has 1 rings (SSSR count). The number of aryl methyl sites for hydroxylation is 2. The number of hydrogen-bond acceptors (Lipinski definition) is 3. The summed E-state index contributed by atoms with van der Waals surface area (Å²) in [6.07, 6.45) is 0.563. The predicted octanol–water partition coefficient (Wildman–Crippen LogP) is 1.47. The number of nitrogens with one attached hydrogen (secondary N) is 2. The molecule has 0 saturated heterocycles. The Morgan fingerprint density at radius 1 is 1.21 bits per heavy atom. The number of benzene rings is 1. The van der Waals surface area contributed by atoms with Gasteiger partial charge in [0.1, 0.15) is 5.82 Å². The van der Waals surface area contributed by atoms with Crippen LogP contribution in [0.3, 0.4) is 0 Å². The summed E-state index contributed by atoms with van der Waals surface area (Å²) in [5.74, 6) is -0.145. The van der Waals surface area contributed by atoms with Crippen LogP contribution >= 0.6 is 0 Å². The number of rotatable bonds is 7. The average Bonchev–Trinajstić information content (AvgIpc) is 2.33. The smallest absolute Gasteiger partial charge is 0.211 e. The molecule has 0 atom stereocenters. The second kappa shape index (κ2) is 6.98. The third kappa shape index (κ3) is 5.26. The van der Waals surface area contributed by atoms with Gasteiger partial charge in [0.15, 0.2) is 0 Å². The van der Waals surface area contributed by atoms with Crippen LogP contribution in [0.4, 0.5) is 4.39 Å². The molecule has 0 fully saturated rings. The first kappa shape index (κ1) is 16.1. The van der Waals surface area contributed by atoms with E-state index in [1.54, 1.807) is 33.0 Å². The van der Waals surface area contributed by atoms with Crippen molar-refractivity contribution in [2.75, 3.05) is 19.3 Å². The second-order valence-corrected chi connectivity index (χ2v) is 6.57. The molecule has 1 aromatic rings. The predicted molar refractivity (Wildman–Crippen MR) is 75.0 cm³/mol. The highest BCUT2D eigenvalue weighted by Crippen LogP contribution is 2.14. The van der Waals surface area contributed by atoms with Gasteiger partial charge in [-0.25, -0.2) is 17.5 Å². The van der Waals surface area contributed by atoms with E-state index < -0.39 is 10.0 Å². The molecule has 0 unspecified atom stereocenters. The lowest BCUT2D eigenvalue weighted by molar-refractivity contribution is 0.576. The molecule has 6 heteroatoms. The molecule has 0 aliphatic heterocycles. The standard InChI is InChI=1S/C13H21FN2O2S/c1-10-7-12(8-11(2)13(10)14)9-16-19(17,18)6-4-5-15-3/h7-8,15-16H,4-6,9H2,1-3H3. The van der Waals surface area contributed by atoms with Gasteiger partial charge in [0.25, 0.3) is 0 Å². The van der Waals surface area contributed by atoms with Crippen LogP contribution in [0.5, 0.6) is 0 Å². The first-order valence-electron chi connectivity index (χ1n) is 6.23. The van der Waals surface area contributed by atoms with Crippen molar-refractivity contribution >= 4 is 10.0 Å². The van der Waals surface area contributed by atoms with Crippen molar-refractivity contribution in [2.24, 2.45) is 0 Å². The summed E-state index contributed by atoms with van der Waals surface area (Å²) in [5.41, 5.74) is 1.84. The van der Waals surface area contributed by atoms with E-state index in [0.29, 0.717) is 24.1 Å². The van der Waals surface area contributed by atoms with Gasteiger partial charge in [0.2, 0.25) is 10.0 Å². The van der Waals surface area contributed by atoms with E-state index in [1.165, 1.54) is 0 Å². The van der Waals surface area contributed by atoms with Crippen LogP contribution in [0, 0.1) is 19.7 Å². The molecule has 0 radical (unpaired) electrons. The lowest BCUT2D eigenvalue weighted by Crippen LogP contribution is -2.27. The Labute approximate surface area is 114 Å². The van der Waals surface area contributed by atoms with Gasteiger partial charge in [-0.3, -0.25) is 0 Å². The average molecular weight is 288 g/mol. The van der Waals surface area contributed by atoms with Gasteiger partial charge in [0.05, 0.1) is 5.75 Å². The van der Waals surface area contributed by atoms with E-state index in [9.17, 15) is 12.8 Å². The first-order chi connectivity index (χ1) is 8.85. The zero-order valence-electron chi connectivity index (χ0n) is 11.6. The molecular formula is C13H21FN2O2S. The van der Waals surface area contributed by atoms with Gasteiger partial charge in [0, 0.05) is 6.54 Å². The Balaban J connectivity index is 2.61. The highest BCUT2D eigenvalue weighted by molar-refractivity contribution is 7.89. The van der Waals surface area contributed by atoms with Crippen LogP contribution in [-0.4, -0.2) is 27.8 Å². The quantitative estimate of drug-likeness (QED) is 0.747. The van der Waals surface area contributed by atoms with Crippen molar-refractivity contribution in [2.45, 2.75) is 26.8 Å². The zero-order valence-corrected chi connectivity index (χ0v) is 12.4. The maximum atomic E-state index is 13.4. The van der Waals surface area contributed by atoms with E-state index in [1.807, 2.05) is 0 Å². The first-order valence-corrected chi connectivity index (χ1v) is 7.88. The van der Waals surface area contributed by atoms with Gasteiger partial charge in [-0.15, -0.1) is 0 Å². The van der Waals surface area contributed by atoms with E-state index in [0.717, 1.165) is 5.56 Å². The molecule has 0 aromatic heterocycles. The molecule has 19 heavy (non-hydrogen) atoms. The minimum absolute atomic E-state index is 0.0903. The minimum Gasteiger partial charge on any atom is -0.320 e. The number of sulfonamides is 1. The summed E-state index contributed by atoms with van der Waals surface area (Å²) >= 11 is 0. The zero-order chi connectivity index (χ0) is 14.5. The van der Waals surface area contributed by atoms with Crippen LogP contribution in [0.1, 0.15) is 23.1 Å². The van der Waals surface area contributed by atoms with Gasteiger partial charge in [-0.1, -0.05) is 12.1 Å². The van der Waals surface area contributed by atoms with Gasteiger partial charge in [-0.2, -0.15) is 0 Å². The van der Waals surface area contributed by atoms with E-state index >= 15 is 0 Å². The largest absolute Gasteiger partial charge is 0.320 e. The fourth-order valence-corrected chi connectivity index (χ4v) is 2.90. The van der Waals surface area contributed by atoms with E-state index in [4.69, 9.17) is 0 Å². The van der Waals surface area contributed by atoms with E-state index in [2.05, 4.69) is 10.0 Å². The van der Waals surface area contributed by atoms with Crippen molar-refractivity contribution in [1.29, 1.82) is 0 Å². The third-order valence-corrected chi connectivity index (χ3v) is 4.24. The highest BCUT2D eigenvalue weighted by Gasteiger charge is 2.10. The van der Waals surface area contributed by atoms with Crippen molar-refractivity contribution in [3.8, 4) is 0 Å². The van der Waals surface area contributed by atoms with Gasteiger partial charge >= 0.3 is 0 Å². The Morgan fingerprint density at radius 3 is 2.32 bits per heavy atom. The van der Waals surface area contributed by atoms with Crippen molar-refractivity contribution in [3.63, 3.8) is 0 Å². The number of hydrogen-bond donors (Lipinski definition) is 2. The number of halogens is 1. The maximum absolute atomic E-state index is 13.4. The molecule has 4 nitrogen and oxygen atoms in total. The molecular weight excluding hydrogens is 267 g/mol. The van der Waals surface area contributed by atoms with Crippen LogP contribution in [0.15, 0.2) is 12.1 Å².